The molecule has 0 atom stereocenters. The fourth-order valence-electron chi connectivity index (χ4n) is 5.96. The maximum absolute atomic E-state index is 12.4. The number of hydrogen-bond acceptors (Lipinski definition) is 0. The number of rotatable bonds is 7. The number of alkyl halides is 1. The van der Waals surface area contributed by atoms with Gasteiger partial charge in [0.25, 0.3) is 0 Å². The lowest BCUT2D eigenvalue weighted by Crippen LogP contribution is -2.13. The summed E-state index contributed by atoms with van der Waals surface area (Å²) in [5.74, 6) is 2.97. The summed E-state index contributed by atoms with van der Waals surface area (Å²) in [5.41, 5.74) is 5.66. The van der Waals surface area contributed by atoms with Gasteiger partial charge in [0.1, 0.15) is 0 Å². The molecule has 0 N–H and O–H groups in total. The Labute approximate surface area is 189 Å². The van der Waals surface area contributed by atoms with E-state index in [0.717, 1.165) is 30.6 Å². The molecule has 0 heterocycles. The van der Waals surface area contributed by atoms with E-state index in [4.69, 9.17) is 0 Å². The van der Waals surface area contributed by atoms with Gasteiger partial charge >= 0.3 is 0 Å². The quantitative estimate of drug-likeness (QED) is 0.393. The van der Waals surface area contributed by atoms with E-state index in [1.54, 1.807) is 0 Å². The molecular weight excluding hydrogens is 379 g/mol. The lowest BCUT2D eigenvalue weighted by molar-refractivity contribution is 0.293. The minimum atomic E-state index is -0.153. The molecule has 2 fully saturated rings. The Morgan fingerprint density at radius 2 is 1.19 bits per heavy atom. The van der Waals surface area contributed by atoms with Crippen LogP contribution in [0.15, 0.2) is 60.7 Å². The van der Waals surface area contributed by atoms with Crippen molar-refractivity contribution in [2.24, 2.45) is 11.8 Å². The molecule has 0 bridgehead atoms. The highest BCUT2D eigenvalue weighted by Crippen LogP contribution is 2.39. The third-order valence-electron chi connectivity index (χ3n) is 7.93. The summed E-state index contributed by atoms with van der Waals surface area (Å²) < 4.78 is 12.4. The second-order valence-electron chi connectivity index (χ2n) is 9.93. The molecular formula is C30H39F. The molecule has 0 amide bonds. The van der Waals surface area contributed by atoms with E-state index in [1.807, 2.05) is 0 Å². The van der Waals surface area contributed by atoms with Crippen LogP contribution in [-0.2, 0) is 0 Å². The number of halogens is 1. The number of hydrogen-bond donors (Lipinski definition) is 0. The standard InChI is InChI=1S/C30H39F/c1-2-4-23-6-10-25(11-7-23)27-14-18-29(19-15-27)30-20-16-28(17-21-30)26-12-8-24(9-13-26)5-3-22-31/h2,4,14-21,23-26H,3,5-13,22H2,1H3/b4-2-. The molecule has 2 aliphatic rings. The van der Waals surface area contributed by atoms with Crippen molar-refractivity contribution in [3.05, 3.63) is 71.8 Å². The molecule has 0 aromatic heterocycles. The second-order valence-corrected chi connectivity index (χ2v) is 9.93. The van der Waals surface area contributed by atoms with Gasteiger partial charge in [0.05, 0.1) is 6.67 Å². The van der Waals surface area contributed by atoms with Crippen LogP contribution in [0.25, 0.3) is 11.1 Å². The molecule has 0 aliphatic heterocycles. The van der Waals surface area contributed by atoms with Crippen LogP contribution in [0.2, 0.25) is 0 Å². The van der Waals surface area contributed by atoms with E-state index in [2.05, 4.69) is 67.6 Å². The highest BCUT2D eigenvalue weighted by atomic mass is 19.1. The number of allylic oxidation sites excluding steroid dienone is 2. The van der Waals surface area contributed by atoms with E-state index in [0.29, 0.717) is 5.92 Å². The van der Waals surface area contributed by atoms with Gasteiger partial charge in [0.2, 0.25) is 0 Å². The van der Waals surface area contributed by atoms with Gasteiger partial charge < -0.3 is 0 Å². The Balaban J connectivity index is 1.32. The molecule has 31 heavy (non-hydrogen) atoms. The van der Waals surface area contributed by atoms with Crippen LogP contribution < -0.4 is 0 Å². The van der Waals surface area contributed by atoms with Crippen molar-refractivity contribution < 1.29 is 4.39 Å². The summed E-state index contributed by atoms with van der Waals surface area (Å²) in [5, 5.41) is 0. The summed E-state index contributed by atoms with van der Waals surface area (Å²) >= 11 is 0. The summed E-state index contributed by atoms with van der Waals surface area (Å²) in [6.07, 6.45) is 16.8. The Morgan fingerprint density at radius 3 is 1.65 bits per heavy atom. The predicted octanol–water partition coefficient (Wildman–Crippen LogP) is 9.23. The van der Waals surface area contributed by atoms with Gasteiger partial charge in [-0.05, 0) is 117 Å². The maximum atomic E-state index is 12.4. The van der Waals surface area contributed by atoms with Gasteiger partial charge in [-0.3, -0.25) is 4.39 Å². The summed E-state index contributed by atoms with van der Waals surface area (Å²) in [6, 6.07) is 18.7. The first kappa shape index (κ1) is 22.3. The smallest absolute Gasteiger partial charge is 0.0894 e. The third kappa shape index (κ3) is 5.88. The number of benzene rings is 2. The van der Waals surface area contributed by atoms with Gasteiger partial charge in [-0.2, -0.15) is 0 Å². The summed E-state index contributed by atoms with van der Waals surface area (Å²) in [7, 11) is 0. The molecule has 4 rings (SSSR count). The van der Waals surface area contributed by atoms with Gasteiger partial charge in [-0.15, -0.1) is 0 Å². The van der Waals surface area contributed by atoms with Gasteiger partial charge in [0, 0.05) is 0 Å². The van der Waals surface area contributed by atoms with Crippen molar-refractivity contribution in [2.45, 2.75) is 83.0 Å². The average Bonchev–Trinajstić information content (AvgIpc) is 2.84. The molecule has 0 nitrogen and oxygen atoms in total. The van der Waals surface area contributed by atoms with Crippen LogP contribution in [0.1, 0.15) is 94.1 Å². The predicted molar refractivity (Wildman–Crippen MR) is 131 cm³/mol. The van der Waals surface area contributed by atoms with Crippen LogP contribution in [0.4, 0.5) is 4.39 Å². The van der Waals surface area contributed by atoms with Crippen LogP contribution >= 0.6 is 0 Å². The normalized spacial score (nSPS) is 26.9. The Morgan fingerprint density at radius 1 is 0.710 bits per heavy atom. The van der Waals surface area contributed by atoms with Gasteiger partial charge in [0.15, 0.2) is 0 Å². The molecule has 1 heteroatoms. The fourth-order valence-corrected chi connectivity index (χ4v) is 5.96. The fraction of sp³-hybridized carbons (Fsp3) is 0.533. The van der Waals surface area contributed by atoms with Gasteiger partial charge in [-0.1, -0.05) is 60.7 Å². The zero-order valence-electron chi connectivity index (χ0n) is 19.2. The lowest BCUT2D eigenvalue weighted by Gasteiger charge is -2.28. The average molecular weight is 419 g/mol. The first-order valence-electron chi connectivity index (χ1n) is 12.7. The van der Waals surface area contributed by atoms with Crippen molar-refractivity contribution in [3.63, 3.8) is 0 Å². The Kier molecular flexibility index (Phi) is 8.00. The second kappa shape index (κ2) is 11.1. The first-order chi connectivity index (χ1) is 15.3. The highest BCUT2D eigenvalue weighted by molar-refractivity contribution is 5.64. The SMILES string of the molecule is C/C=C\C1CCC(c2ccc(-c3ccc(C4CCC(CCCF)CC4)cc3)cc2)CC1. The largest absolute Gasteiger partial charge is 0.251 e. The maximum Gasteiger partial charge on any atom is 0.0894 e. The van der Waals surface area contributed by atoms with Gasteiger partial charge in [-0.25, -0.2) is 0 Å². The summed E-state index contributed by atoms with van der Waals surface area (Å²) in [4.78, 5) is 0. The van der Waals surface area contributed by atoms with Crippen LogP contribution in [0.3, 0.4) is 0 Å². The third-order valence-corrected chi connectivity index (χ3v) is 7.93. The van der Waals surface area contributed by atoms with Crippen LogP contribution in [0.5, 0.6) is 0 Å². The molecule has 2 saturated carbocycles. The molecule has 0 unspecified atom stereocenters. The van der Waals surface area contributed by atoms with Crippen LogP contribution in [0, 0.1) is 11.8 Å². The monoisotopic (exact) mass is 418 g/mol. The molecule has 0 radical (unpaired) electrons. The lowest BCUT2D eigenvalue weighted by atomic mass is 9.77. The zero-order chi connectivity index (χ0) is 21.5. The molecule has 2 aromatic rings. The van der Waals surface area contributed by atoms with E-state index in [-0.39, 0.29) is 6.67 Å². The van der Waals surface area contributed by atoms with Crippen molar-refractivity contribution in [2.75, 3.05) is 6.67 Å². The molecule has 0 spiro atoms. The van der Waals surface area contributed by atoms with Crippen molar-refractivity contribution in [3.8, 4) is 11.1 Å². The van der Waals surface area contributed by atoms with E-state index in [9.17, 15) is 4.39 Å². The molecule has 166 valence electrons. The molecule has 2 aromatic carbocycles. The topological polar surface area (TPSA) is 0 Å². The van der Waals surface area contributed by atoms with E-state index < -0.39 is 0 Å². The van der Waals surface area contributed by atoms with Crippen molar-refractivity contribution >= 4 is 0 Å². The van der Waals surface area contributed by atoms with E-state index >= 15 is 0 Å². The zero-order valence-corrected chi connectivity index (χ0v) is 19.2. The Bertz CT molecular complexity index is 800. The van der Waals surface area contributed by atoms with Crippen LogP contribution in [-0.4, -0.2) is 6.67 Å². The minimum Gasteiger partial charge on any atom is -0.251 e. The first-order valence-corrected chi connectivity index (χ1v) is 12.7. The molecule has 2 aliphatic carbocycles. The van der Waals surface area contributed by atoms with Crippen molar-refractivity contribution in [1.29, 1.82) is 0 Å². The van der Waals surface area contributed by atoms with E-state index in [1.165, 1.54) is 73.6 Å². The minimum absolute atomic E-state index is 0.153. The van der Waals surface area contributed by atoms with Crippen molar-refractivity contribution in [1.82, 2.24) is 0 Å². The summed E-state index contributed by atoms with van der Waals surface area (Å²) in [6.45, 7) is 1.99. The molecule has 0 saturated heterocycles. The Hall–Kier alpha value is -1.89. The highest BCUT2D eigenvalue weighted by Gasteiger charge is 2.22.